The van der Waals surface area contributed by atoms with E-state index in [0.29, 0.717) is 13.2 Å². The molecular formula is C12H15N3O2. The Morgan fingerprint density at radius 3 is 3.12 bits per heavy atom. The van der Waals surface area contributed by atoms with Gasteiger partial charge in [-0.3, -0.25) is 4.98 Å². The summed E-state index contributed by atoms with van der Waals surface area (Å²) in [5, 5.41) is 7.08. The molecule has 0 amide bonds. The number of aromatic nitrogens is 2. The first kappa shape index (κ1) is 11.8. The second-order valence-electron chi connectivity index (χ2n) is 3.59. The van der Waals surface area contributed by atoms with Crippen molar-refractivity contribution in [3.63, 3.8) is 0 Å². The van der Waals surface area contributed by atoms with Crippen LogP contribution in [0.3, 0.4) is 0 Å². The van der Waals surface area contributed by atoms with Crippen molar-refractivity contribution in [2.75, 3.05) is 20.3 Å². The number of hydrogen-bond acceptors (Lipinski definition) is 5. The molecular weight excluding hydrogens is 218 g/mol. The van der Waals surface area contributed by atoms with Crippen LogP contribution in [-0.2, 0) is 11.3 Å². The van der Waals surface area contributed by atoms with E-state index < -0.39 is 0 Å². The van der Waals surface area contributed by atoms with E-state index in [9.17, 15) is 0 Å². The van der Waals surface area contributed by atoms with E-state index in [1.165, 1.54) is 0 Å². The van der Waals surface area contributed by atoms with Gasteiger partial charge < -0.3 is 14.6 Å². The highest BCUT2D eigenvalue weighted by molar-refractivity contribution is 5.59. The SMILES string of the molecule is COCCNCc1cnoc1-c1cccnc1. The Hall–Kier alpha value is -1.72. The minimum absolute atomic E-state index is 0.688. The number of nitrogens with zero attached hydrogens (tertiary/aromatic N) is 2. The molecule has 2 aromatic rings. The van der Waals surface area contributed by atoms with Gasteiger partial charge in [0.25, 0.3) is 0 Å². The van der Waals surface area contributed by atoms with Crippen molar-refractivity contribution in [2.45, 2.75) is 6.54 Å². The standard InChI is InChI=1S/C12H15N3O2/c1-16-6-5-14-8-11-9-15-17-12(11)10-3-2-4-13-7-10/h2-4,7,9,14H,5-6,8H2,1H3. The van der Waals surface area contributed by atoms with Crippen LogP contribution >= 0.6 is 0 Å². The average molecular weight is 233 g/mol. The predicted molar refractivity (Wildman–Crippen MR) is 63.3 cm³/mol. The lowest BCUT2D eigenvalue weighted by Crippen LogP contribution is -2.18. The van der Waals surface area contributed by atoms with Crippen molar-refractivity contribution >= 4 is 0 Å². The Kier molecular flexibility index (Phi) is 4.23. The summed E-state index contributed by atoms with van der Waals surface area (Å²) in [5.41, 5.74) is 1.96. The van der Waals surface area contributed by atoms with Crippen LogP contribution in [0.5, 0.6) is 0 Å². The van der Waals surface area contributed by atoms with Gasteiger partial charge in [0.2, 0.25) is 0 Å². The summed E-state index contributed by atoms with van der Waals surface area (Å²) in [5.74, 6) is 0.767. The molecule has 0 atom stereocenters. The first-order chi connectivity index (χ1) is 8.42. The Balaban J connectivity index is 2.02. The molecule has 0 saturated carbocycles. The molecule has 5 nitrogen and oxygen atoms in total. The molecule has 2 rings (SSSR count). The molecule has 0 aliphatic heterocycles. The second-order valence-corrected chi connectivity index (χ2v) is 3.59. The molecule has 0 unspecified atom stereocenters. The highest BCUT2D eigenvalue weighted by atomic mass is 16.5. The van der Waals surface area contributed by atoms with Gasteiger partial charge >= 0.3 is 0 Å². The number of nitrogens with one attached hydrogen (secondary N) is 1. The molecule has 5 heteroatoms. The van der Waals surface area contributed by atoms with Crippen molar-refractivity contribution in [2.24, 2.45) is 0 Å². The summed E-state index contributed by atoms with van der Waals surface area (Å²) >= 11 is 0. The third-order valence-electron chi connectivity index (χ3n) is 2.37. The van der Waals surface area contributed by atoms with Crippen molar-refractivity contribution in [1.82, 2.24) is 15.5 Å². The summed E-state index contributed by atoms with van der Waals surface area (Å²) in [6.07, 6.45) is 5.22. The van der Waals surface area contributed by atoms with Gasteiger partial charge in [-0.25, -0.2) is 0 Å². The van der Waals surface area contributed by atoms with Gasteiger partial charge in [0.15, 0.2) is 5.76 Å². The number of methoxy groups -OCH3 is 1. The Morgan fingerprint density at radius 1 is 1.41 bits per heavy atom. The minimum Gasteiger partial charge on any atom is -0.383 e. The molecule has 17 heavy (non-hydrogen) atoms. The number of rotatable bonds is 6. The van der Waals surface area contributed by atoms with Crippen LogP contribution in [-0.4, -0.2) is 30.4 Å². The lowest BCUT2D eigenvalue weighted by Gasteiger charge is -2.03. The van der Waals surface area contributed by atoms with E-state index in [1.54, 1.807) is 25.7 Å². The van der Waals surface area contributed by atoms with E-state index in [1.807, 2.05) is 12.1 Å². The van der Waals surface area contributed by atoms with Gasteiger partial charge in [-0.2, -0.15) is 0 Å². The molecule has 0 fully saturated rings. The Bertz CT molecular complexity index is 442. The van der Waals surface area contributed by atoms with Crippen LogP contribution in [0.4, 0.5) is 0 Å². The molecule has 90 valence electrons. The maximum absolute atomic E-state index is 5.25. The molecule has 0 saturated heterocycles. The zero-order valence-corrected chi connectivity index (χ0v) is 9.72. The minimum atomic E-state index is 0.688. The zero-order valence-electron chi connectivity index (χ0n) is 9.72. The summed E-state index contributed by atoms with van der Waals surface area (Å²) in [7, 11) is 1.68. The number of ether oxygens (including phenoxy) is 1. The van der Waals surface area contributed by atoms with Crippen molar-refractivity contribution in [3.8, 4) is 11.3 Å². The van der Waals surface area contributed by atoms with Gasteiger partial charge in [-0.05, 0) is 12.1 Å². The molecule has 0 radical (unpaired) electrons. The van der Waals surface area contributed by atoms with Crippen LogP contribution in [0.25, 0.3) is 11.3 Å². The Labute approximate surface area is 99.8 Å². The lowest BCUT2D eigenvalue weighted by atomic mass is 10.1. The average Bonchev–Trinajstić information content (AvgIpc) is 2.84. The van der Waals surface area contributed by atoms with Gasteiger partial charge in [-0.15, -0.1) is 0 Å². The molecule has 2 heterocycles. The predicted octanol–water partition coefficient (Wildman–Crippen LogP) is 1.47. The summed E-state index contributed by atoms with van der Waals surface area (Å²) in [4.78, 5) is 4.06. The van der Waals surface area contributed by atoms with Crippen LogP contribution in [0.15, 0.2) is 35.2 Å². The van der Waals surface area contributed by atoms with Gasteiger partial charge in [-0.1, -0.05) is 5.16 Å². The number of hydrogen-bond donors (Lipinski definition) is 1. The largest absolute Gasteiger partial charge is 0.383 e. The van der Waals surface area contributed by atoms with Gasteiger partial charge in [0, 0.05) is 43.7 Å². The van der Waals surface area contributed by atoms with Gasteiger partial charge in [0.05, 0.1) is 12.8 Å². The van der Waals surface area contributed by atoms with Crippen LogP contribution in [0, 0.1) is 0 Å². The summed E-state index contributed by atoms with van der Waals surface area (Å²) < 4.78 is 10.2. The fourth-order valence-corrected chi connectivity index (χ4v) is 1.52. The maximum Gasteiger partial charge on any atom is 0.172 e. The fraction of sp³-hybridized carbons (Fsp3) is 0.333. The lowest BCUT2D eigenvalue weighted by molar-refractivity contribution is 0.199. The van der Waals surface area contributed by atoms with Crippen LogP contribution in [0.1, 0.15) is 5.56 Å². The topological polar surface area (TPSA) is 60.2 Å². The number of pyridine rings is 1. The van der Waals surface area contributed by atoms with E-state index >= 15 is 0 Å². The van der Waals surface area contributed by atoms with E-state index in [-0.39, 0.29) is 0 Å². The fourth-order valence-electron chi connectivity index (χ4n) is 1.52. The maximum atomic E-state index is 5.25. The Morgan fingerprint density at radius 2 is 2.35 bits per heavy atom. The quantitative estimate of drug-likeness (QED) is 0.766. The highest BCUT2D eigenvalue weighted by Crippen LogP contribution is 2.22. The first-order valence-electron chi connectivity index (χ1n) is 5.45. The van der Waals surface area contributed by atoms with E-state index in [0.717, 1.165) is 23.4 Å². The third-order valence-corrected chi connectivity index (χ3v) is 2.37. The van der Waals surface area contributed by atoms with E-state index in [4.69, 9.17) is 9.26 Å². The third kappa shape index (κ3) is 3.12. The normalized spacial score (nSPS) is 10.6. The molecule has 2 aromatic heterocycles. The van der Waals surface area contributed by atoms with E-state index in [2.05, 4.69) is 15.5 Å². The molecule has 0 bridgehead atoms. The molecule has 0 aliphatic carbocycles. The van der Waals surface area contributed by atoms with Crippen molar-refractivity contribution in [1.29, 1.82) is 0 Å². The smallest absolute Gasteiger partial charge is 0.172 e. The highest BCUT2D eigenvalue weighted by Gasteiger charge is 2.09. The summed E-state index contributed by atoms with van der Waals surface area (Å²) in [6, 6.07) is 3.83. The zero-order chi connectivity index (χ0) is 11.9. The van der Waals surface area contributed by atoms with Crippen LogP contribution in [0.2, 0.25) is 0 Å². The molecule has 0 aliphatic rings. The molecule has 1 N–H and O–H groups in total. The van der Waals surface area contributed by atoms with Crippen molar-refractivity contribution in [3.05, 3.63) is 36.3 Å². The summed E-state index contributed by atoms with van der Waals surface area (Å²) in [6.45, 7) is 2.19. The first-order valence-corrected chi connectivity index (χ1v) is 5.45. The van der Waals surface area contributed by atoms with Crippen molar-refractivity contribution < 1.29 is 9.26 Å². The molecule has 0 aromatic carbocycles. The molecule has 0 spiro atoms. The van der Waals surface area contributed by atoms with Gasteiger partial charge in [0.1, 0.15) is 0 Å². The second kappa shape index (κ2) is 6.12. The van der Waals surface area contributed by atoms with Crippen LogP contribution < -0.4 is 5.32 Å². The monoisotopic (exact) mass is 233 g/mol.